The second kappa shape index (κ2) is 16.0. The van der Waals surface area contributed by atoms with Crippen molar-refractivity contribution in [1.29, 1.82) is 0 Å². The summed E-state index contributed by atoms with van der Waals surface area (Å²) in [5, 5.41) is 4.85. The van der Waals surface area contributed by atoms with Gasteiger partial charge in [0.15, 0.2) is 0 Å². The topological polar surface area (TPSA) is 45.5 Å². The first-order valence-electron chi connectivity index (χ1n) is 16.5. The van der Waals surface area contributed by atoms with E-state index in [2.05, 4.69) is 82.0 Å². The number of hydrogen-bond acceptors (Lipinski definition) is 2. The van der Waals surface area contributed by atoms with Crippen LogP contribution in [0.25, 0.3) is 65.7 Å². The van der Waals surface area contributed by atoms with Gasteiger partial charge in [0.05, 0.1) is 6.67 Å². The maximum atomic E-state index is 7.18. The van der Waals surface area contributed by atoms with Gasteiger partial charge in [0.25, 0.3) is 0 Å². The van der Waals surface area contributed by atoms with Crippen LogP contribution < -0.4 is 0 Å². The van der Waals surface area contributed by atoms with E-state index < -0.39 is 0 Å². The van der Waals surface area contributed by atoms with E-state index >= 15 is 0 Å². The van der Waals surface area contributed by atoms with E-state index in [4.69, 9.17) is 12.8 Å². The van der Waals surface area contributed by atoms with Crippen LogP contribution in [0, 0.1) is 37.3 Å². The number of aryl methyl sites for hydroxylation is 2. The van der Waals surface area contributed by atoms with Crippen LogP contribution in [-0.2, 0) is 65.5 Å². The molecular weight excluding hydrogens is 1020 g/mol. The van der Waals surface area contributed by atoms with Gasteiger partial charge in [-0.25, -0.2) is 0 Å². The van der Waals surface area contributed by atoms with Crippen molar-refractivity contribution < 1.29 is 44.8 Å². The van der Waals surface area contributed by atoms with Crippen molar-refractivity contribution in [1.82, 2.24) is 28.2 Å². The number of imidazole rings is 2. The summed E-state index contributed by atoms with van der Waals surface area (Å²) < 4.78 is 8.30. The zero-order valence-corrected chi connectivity index (χ0v) is 33.0. The van der Waals surface area contributed by atoms with Gasteiger partial charge in [-0.1, -0.05) is 94.9 Å². The molecule has 10 aromatic rings. The molecule has 0 bridgehead atoms. The smallest absolute Gasteiger partial charge is 0.0563 e. The van der Waals surface area contributed by atoms with Crippen molar-refractivity contribution in [2.45, 2.75) is 6.67 Å². The second-order valence-electron chi connectivity index (χ2n) is 12.3. The van der Waals surface area contributed by atoms with Crippen molar-refractivity contribution in [2.24, 2.45) is 14.1 Å². The number of para-hydroxylation sites is 6. The van der Waals surface area contributed by atoms with Crippen molar-refractivity contribution in [3.8, 4) is 11.8 Å². The fraction of sp³-hybridized carbons (Fsp3) is 0.0667. The summed E-state index contributed by atoms with van der Waals surface area (Å²) in [5.74, 6) is 4.87. The fourth-order valence-corrected chi connectivity index (χ4v) is 6.76. The van der Waals surface area contributed by atoms with Crippen LogP contribution in [0.5, 0.6) is 0 Å². The number of hydrogen-bond donors (Lipinski definition) is 0. The minimum Gasteiger partial charge on any atom is -0.432 e. The Morgan fingerprint density at radius 1 is 0.472 bits per heavy atom. The molecule has 6 nitrogen and oxygen atoms in total. The summed E-state index contributed by atoms with van der Waals surface area (Å²) in [6, 6.07) is 44.6. The number of nitrogens with zero attached hydrogens (tertiary/aromatic N) is 6. The standard InChI is InChI=1S/C15H10N4.2C15H10N.2Au/c1-3-7-14-12(5-1)16-9-18(14)11-19-10-17-13-6-2-4-8-15(13)19;2*1-3-11-8-9-15-13(10-11)12-6-4-5-7-14(12)16(15)2;;/h1-8H,11H2;2*4-10H,2H3;;/q-2;2*-1;;. The molecule has 8 heteroatoms. The van der Waals surface area contributed by atoms with Gasteiger partial charge in [-0.15, -0.1) is 59.7 Å². The largest absolute Gasteiger partial charge is 0.432 e. The Bertz CT molecular complexity index is 2760. The van der Waals surface area contributed by atoms with Gasteiger partial charge in [-0.05, 0) is 22.9 Å². The maximum absolute atomic E-state index is 7.18. The van der Waals surface area contributed by atoms with Crippen molar-refractivity contribution >= 4 is 65.7 Å². The Morgan fingerprint density at radius 3 is 1.25 bits per heavy atom. The summed E-state index contributed by atoms with van der Waals surface area (Å²) in [5.41, 5.74) is 10.5. The van der Waals surface area contributed by atoms with E-state index in [1.165, 1.54) is 43.6 Å². The van der Waals surface area contributed by atoms with E-state index in [0.29, 0.717) is 6.67 Å². The summed E-state index contributed by atoms with van der Waals surface area (Å²) in [7, 11) is 4.14. The molecule has 10 rings (SSSR count). The van der Waals surface area contributed by atoms with Gasteiger partial charge in [0.1, 0.15) is 0 Å². The molecule has 4 heterocycles. The van der Waals surface area contributed by atoms with Gasteiger partial charge in [-0.2, -0.15) is 0 Å². The van der Waals surface area contributed by atoms with Crippen LogP contribution in [0.15, 0.2) is 133 Å². The van der Waals surface area contributed by atoms with Crippen molar-refractivity contribution in [3.63, 3.8) is 0 Å². The molecule has 0 amide bonds. The van der Waals surface area contributed by atoms with Gasteiger partial charge in [0.2, 0.25) is 0 Å². The molecule has 6 aromatic carbocycles. The second-order valence-corrected chi connectivity index (χ2v) is 12.3. The molecule has 0 saturated heterocycles. The summed E-state index contributed by atoms with van der Waals surface area (Å²) in [6.07, 6.45) is 20.4. The van der Waals surface area contributed by atoms with Crippen LogP contribution in [0.2, 0.25) is 0 Å². The molecule has 0 atom stereocenters. The van der Waals surface area contributed by atoms with Crippen LogP contribution >= 0.6 is 0 Å². The first-order chi connectivity index (χ1) is 25.0. The van der Waals surface area contributed by atoms with E-state index in [0.717, 1.165) is 33.2 Å². The van der Waals surface area contributed by atoms with Gasteiger partial charge < -0.3 is 41.1 Å². The minimum absolute atomic E-state index is 0. The van der Waals surface area contributed by atoms with Crippen molar-refractivity contribution in [3.05, 3.63) is 170 Å². The van der Waals surface area contributed by atoms with E-state index in [1.807, 2.05) is 118 Å². The summed E-state index contributed by atoms with van der Waals surface area (Å²) in [6.45, 7) is 0.612. The minimum atomic E-state index is 0. The molecule has 0 aliphatic heterocycles. The first-order valence-corrected chi connectivity index (χ1v) is 16.5. The molecule has 266 valence electrons. The molecule has 0 unspecified atom stereocenters. The van der Waals surface area contributed by atoms with Crippen LogP contribution in [-0.4, -0.2) is 28.2 Å². The van der Waals surface area contributed by atoms with E-state index in [9.17, 15) is 0 Å². The molecule has 53 heavy (non-hydrogen) atoms. The predicted octanol–water partition coefficient (Wildman–Crippen LogP) is 9.03. The van der Waals surface area contributed by atoms with E-state index in [1.54, 1.807) is 0 Å². The Hall–Kier alpha value is -5.54. The SMILES string of the molecule is [Au].[Au].[C-]#Cc1ccc2c(c1)c1ccccc1n2C.[C-]#Cc1ccc2c(c1)c1ccccc1n2C.[c-]1nc2ccccc2n1Cn1[c-]nc2ccccc21. The monoisotopic (exact) mass is 1050 g/mol. The Kier molecular flexibility index (Phi) is 11.2. The fourth-order valence-electron chi connectivity index (χ4n) is 6.76. The molecule has 0 fully saturated rings. The van der Waals surface area contributed by atoms with Crippen LogP contribution in [0.3, 0.4) is 0 Å². The van der Waals surface area contributed by atoms with Crippen molar-refractivity contribution in [2.75, 3.05) is 0 Å². The molecular formula is C45H30Au2N6-4. The van der Waals surface area contributed by atoms with Crippen LogP contribution in [0.4, 0.5) is 0 Å². The average Bonchev–Trinajstić information content (AvgIpc) is 3.94. The molecule has 4 aromatic heterocycles. The Balaban J connectivity index is 0.000000134. The molecule has 0 saturated carbocycles. The number of rotatable bonds is 2. The zero-order valence-electron chi connectivity index (χ0n) is 28.7. The summed E-state index contributed by atoms with van der Waals surface area (Å²) in [4.78, 5) is 8.54. The number of aromatic nitrogens is 6. The Morgan fingerprint density at radius 2 is 0.830 bits per heavy atom. The molecule has 2 radical (unpaired) electrons. The number of benzene rings is 6. The summed E-state index contributed by atoms with van der Waals surface area (Å²) >= 11 is 0. The zero-order chi connectivity index (χ0) is 34.9. The first kappa shape index (κ1) is 37.2. The number of fused-ring (bicyclic) bond motifs is 8. The van der Waals surface area contributed by atoms with Gasteiger partial charge in [0, 0.05) is 104 Å². The quantitative estimate of drug-likeness (QED) is 0.0987. The van der Waals surface area contributed by atoms with Gasteiger partial charge >= 0.3 is 0 Å². The predicted molar refractivity (Wildman–Crippen MR) is 206 cm³/mol. The molecule has 0 N–H and O–H groups in total. The average molecular weight is 1050 g/mol. The Labute approximate surface area is 339 Å². The van der Waals surface area contributed by atoms with Crippen LogP contribution in [0.1, 0.15) is 11.1 Å². The van der Waals surface area contributed by atoms with E-state index in [-0.39, 0.29) is 44.8 Å². The third kappa shape index (κ3) is 7.01. The normalized spacial score (nSPS) is 10.6. The third-order valence-corrected chi connectivity index (χ3v) is 9.33. The van der Waals surface area contributed by atoms with Gasteiger partial charge in [-0.3, -0.25) is 11.8 Å². The maximum Gasteiger partial charge on any atom is 0.0563 e. The third-order valence-electron chi connectivity index (χ3n) is 9.33. The molecule has 0 aliphatic rings. The molecule has 0 spiro atoms. The molecule has 0 aliphatic carbocycles.